The fourth-order valence-corrected chi connectivity index (χ4v) is 7.56. The molecule has 1 N–H and O–H groups in total. The zero-order valence-corrected chi connectivity index (χ0v) is 20.8. The molecule has 4 rings (SSSR count). The number of halogens is 3. The molecule has 188 valence electrons. The topological polar surface area (TPSA) is 92.8 Å². The third kappa shape index (κ3) is 5.63. The Morgan fingerprint density at radius 3 is 2.37 bits per heavy atom. The number of ether oxygens (including phenoxy) is 1. The van der Waals surface area contributed by atoms with Gasteiger partial charge in [0.15, 0.2) is 0 Å². The number of likely N-dealkylation sites (N-methyl/N-ethyl adjacent to an activating group) is 1. The third-order valence-electron chi connectivity index (χ3n) is 5.36. The minimum Gasteiger partial charge on any atom is -0.488 e. The number of sulfone groups is 1. The van der Waals surface area contributed by atoms with E-state index in [0.717, 1.165) is 24.3 Å². The van der Waals surface area contributed by atoms with Gasteiger partial charge >= 0.3 is 6.18 Å². The lowest BCUT2D eigenvalue weighted by Gasteiger charge is -2.19. The molecule has 0 amide bonds. The third-order valence-corrected chi connectivity index (χ3v) is 10.1. The number of rotatable bonds is 7. The van der Waals surface area contributed by atoms with E-state index in [1.807, 2.05) is 11.9 Å². The van der Waals surface area contributed by atoms with E-state index in [-0.39, 0.29) is 19.7 Å². The zero-order chi connectivity index (χ0) is 25.4. The number of hydrogen-bond donors (Lipinski definition) is 1. The highest BCUT2D eigenvalue weighted by Gasteiger charge is 2.36. The van der Waals surface area contributed by atoms with Gasteiger partial charge in [-0.3, -0.25) is 4.72 Å². The largest absolute Gasteiger partial charge is 0.488 e. The van der Waals surface area contributed by atoms with Gasteiger partial charge in [0.1, 0.15) is 16.1 Å². The normalized spacial score (nSPS) is 17.4. The first-order valence-corrected chi connectivity index (χ1v) is 14.2. The van der Waals surface area contributed by atoms with Gasteiger partial charge in [-0.2, -0.15) is 13.2 Å². The number of thiophene rings is 1. The Bertz CT molecular complexity index is 1420. The second kappa shape index (κ2) is 9.45. The van der Waals surface area contributed by atoms with Crippen LogP contribution in [0.2, 0.25) is 0 Å². The number of benzene rings is 2. The van der Waals surface area contributed by atoms with Gasteiger partial charge in [-0.25, -0.2) is 16.8 Å². The summed E-state index contributed by atoms with van der Waals surface area (Å²) >= 11 is 0.689. The summed E-state index contributed by atoms with van der Waals surface area (Å²) in [5.74, 6) is -0.475. The van der Waals surface area contributed by atoms with Crippen LogP contribution < -0.4 is 9.46 Å². The van der Waals surface area contributed by atoms with Crippen LogP contribution in [0.25, 0.3) is 0 Å². The van der Waals surface area contributed by atoms with Crippen molar-refractivity contribution in [2.75, 3.05) is 24.9 Å². The summed E-state index contributed by atoms with van der Waals surface area (Å²) in [6.07, 6.45) is -4.61. The van der Waals surface area contributed by atoms with E-state index >= 15 is 0 Å². The van der Waals surface area contributed by atoms with Crippen molar-refractivity contribution in [1.82, 2.24) is 4.90 Å². The molecule has 0 saturated carbocycles. The summed E-state index contributed by atoms with van der Waals surface area (Å²) < 4.78 is 99.3. The second-order valence-corrected chi connectivity index (χ2v) is 12.8. The summed E-state index contributed by atoms with van der Waals surface area (Å²) in [5, 5.41) is 1.20. The minimum atomic E-state index is -4.69. The fourth-order valence-electron chi connectivity index (χ4n) is 3.61. The van der Waals surface area contributed by atoms with Crippen LogP contribution in [0.15, 0.2) is 74.0 Å². The Morgan fingerprint density at radius 2 is 1.74 bits per heavy atom. The fraction of sp³-hybridized carbons (Fsp3) is 0.273. The SMILES string of the molecule is CN1CC[C@@H](Oc2cc(NS(=O)(=O)c3cc(S(=O)(=O)c4ccccc4)cs3)ccc2C(F)(F)F)C1. The molecule has 0 spiro atoms. The van der Waals surface area contributed by atoms with E-state index in [9.17, 15) is 30.0 Å². The summed E-state index contributed by atoms with van der Waals surface area (Å²) in [6, 6.07) is 11.3. The van der Waals surface area contributed by atoms with Gasteiger partial charge < -0.3 is 9.64 Å². The predicted octanol–water partition coefficient (Wildman–Crippen LogP) is 4.48. The van der Waals surface area contributed by atoms with Crippen LogP contribution in [0, 0.1) is 0 Å². The molecule has 3 aromatic rings. The maximum Gasteiger partial charge on any atom is 0.419 e. The van der Waals surface area contributed by atoms with Crippen molar-refractivity contribution in [2.24, 2.45) is 0 Å². The number of hydrogen-bond acceptors (Lipinski definition) is 7. The van der Waals surface area contributed by atoms with E-state index in [2.05, 4.69) is 4.72 Å². The Morgan fingerprint density at radius 1 is 1.03 bits per heavy atom. The number of likely N-dealkylation sites (tertiary alicyclic amines) is 1. The van der Waals surface area contributed by atoms with Crippen molar-refractivity contribution in [1.29, 1.82) is 0 Å². The molecule has 0 radical (unpaired) electrons. The molecular formula is C22H21F3N2O5S3. The number of nitrogens with one attached hydrogen (secondary N) is 1. The lowest BCUT2D eigenvalue weighted by atomic mass is 10.1. The Hall–Kier alpha value is -2.61. The molecule has 0 aliphatic carbocycles. The molecule has 0 unspecified atom stereocenters. The van der Waals surface area contributed by atoms with Crippen molar-refractivity contribution in [2.45, 2.75) is 32.7 Å². The maximum atomic E-state index is 13.5. The van der Waals surface area contributed by atoms with Crippen molar-refractivity contribution >= 4 is 36.9 Å². The maximum absolute atomic E-state index is 13.5. The lowest BCUT2D eigenvalue weighted by molar-refractivity contribution is -0.139. The van der Waals surface area contributed by atoms with Crippen LogP contribution in [0.5, 0.6) is 5.75 Å². The molecule has 2 heterocycles. The molecule has 7 nitrogen and oxygen atoms in total. The molecule has 1 fully saturated rings. The van der Waals surface area contributed by atoms with E-state index < -0.39 is 43.5 Å². The van der Waals surface area contributed by atoms with Crippen molar-refractivity contribution in [3.05, 3.63) is 65.5 Å². The summed E-state index contributed by atoms with van der Waals surface area (Å²) in [5.41, 5.74) is -1.15. The first kappa shape index (κ1) is 25.5. The van der Waals surface area contributed by atoms with Crippen LogP contribution in [0.3, 0.4) is 0 Å². The molecule has 1 atom stereocenters. The average molecular weight is 547 g/mol. The first-order chi connectivity index (χ1) is 16.4. The number of alkyl halides is 3. The van der Waals surface area contributed by atoms with Crippen LogP contribution in [-0.2, 0) is 26.0 Å². The van der Waals surface area contributed by atoms with Gasteiger partial charge in [0.05, 0.1) is 21.0 Å². The first-order valence-electron chi connectivity index (χ1n) is 10.3. The highest BCUT2D eigenvalue weighted by Crippen LogP contribution is 2.39. The zero-order valence-electron chi connectivity index (χ0n) is 18.3. The van der Waals surface area contributed by atoms with E-state index in [4.69, 9.17) is 4.74 Å². The van der Waals surface area contributed by atoms with Gasteiger partial charge in [-0.15, -0.1) is 11.3 Å². The predicted molar refractivity (Wildman–Crippen MR) is 125 cm³/mol. The van der Waals surface area contributed by atoms with Crippen LogP contribution in [0.1, 0.15) is 12.0 Å². The van der Waals surface area contributed by atoms with Crippen molar-refractivity contribution in [3.8, 4) is 5.75 Å². The van der Waals surface area contributed by atoms with Gasteiger partial charge in [0, 0.05) is 24.5 Å². The van der Waals surface area contributed by atoms with E-state index in [0.29, 0.717) is 30.8 Å². The van der Waals surface area contributed by atoms with Crippen LogP contribution in [-0.4, -0.2) is 48.0 Å². The molecule has 1 aliphatic rings. The molecule has 13 heteroatoms. The molecule has 1 aromatic heterocycles. The lowest BCUT2D eigenvalue weighted by Crippen LogP contribution is -2.23. The highest BCUT2D eigenvalue weighted by atomic mass is 32.2. The molecule has 1 saturated heterocycles. The molecule has 1 aliphatic heterocycles. The molecular weight excluding hydrogens is 525 g/mol. The number of sulfonamides is 1. The average Bonchev–Trinajstić information content (AvgIpc) is 3.44. The Labute approximate surface area is 205 Å². The number of anilines is 1. The summed E-state index contributed by atoms with van der Waals surface area (Å²) in [4.78, 5) is 1.73. The van der Waals surface area contributed by atoms with E-state index in [1.54, 1.807) is 18.2 Å². The summed E-state index contributed by atoms with van der Waals surface area (Å²) in [6.45, 7) is 1.12. The molecule has 0 bridgehead atoms. The number of nitrogens with zero attached hydrogens (tertiary/aromatic N) is 1. The van der Waals surface area contributed by atoms with Gasteiger partial charge in [-0.1, -0.05) is 18.2 Å². The van der Waals surface area contributed by atoms with Gasteiger partial charge in [0.2, 0.25) is 9.84 Å². The monoisotopic (exact) mass is 546 g/mol. The highest BCUT2D eigenvalue weighted by molar-refractivity contribution is 7.95. The van der Waals surface area contributed by atoms with Crippen molar-refractivity contribution in [3.63, 3.8) is 0 Å². The minimum absolute atomic E-state index is 0.0109. The second-order valence-electron chi connectivity index (χ2n) is 8.02. The van der Waals surface area contributed by atoms with Crippen molar-refractivity contribution < 1.29 is 34.7 Å². The molecule has 35 heavy (non-hydrogen) atoms. The van der Waals surface area contributed by atoms with Crippen LogP contribution in [0.4, 0.5) is 18.9 Å². The standard InChI is InChI=1S/C22H21F3N2O5S3/c1-27-10-9-16(13-27)32-20-11-15(7-8-19(20)22(23,24)25)26-35(30,31)21-12-18(14-33-21)34(28,29)17-5-3-2-4-6-17/h2-8,11-12,14,16,26H,9-10,13H2,1H3/t16-/m1/s1. The van der Waals surface area contributed by atoms with Crippen LogP contribution >= 0.6 is 11.3 Å². The quantitative estimate of drug-likeness (QED) is 0.470. The van der Waals surface area contributed by atoms with Gasteiger partial charge in [0.25, 0.3) is 10.0 Å². The van der Waals surface area contributed by atoms with Gasteiger partial charge in [-0.05, 0) is 43.8 Å². The smallest absolute Gasteiger partial charge is 0.419 e. The van der Waals surface area contributed by atoms with E-state index in [1.165, 1.54) is 17.5 Å². The Kier molecular flexibility index (Phi) is 6.88. The molecule has 2 aromatic carbocycles. The Balaban J connectivity index is 1.61. The summed E-state index contributed by atoms with van der Waals surface area (Å²) in [7, 11) is -6.38.